The minimum absolute atomic E-state index is 0.276. The van der Waals surface area contributed by atoms with Gasteiger partial charge >= 0.3 is 0 Å². The normalized spacial score (nSPS) is 11.4. The third kappa shape index (κ3) is 3.45. The number of nitrogens with one attached hydrogen (secondary N) is 1. The van der Waals surface area contributed by atoms with Gasteiger partial charge in [0.1, 0.15) is 0 Å². The van der Waals surface area contributed by atoms with Crippen molar-refractivity contribution in [2.45, 2.75) is 26.3 Å². The van der Waals surface area contributed by atoms with Crippen LogP contribution >= 0.6 is 0 Å². The molecule has 0 fully saturated rings. The molecular weight excluding hydrogens is 254 g/mol. The Kier molecular flexibility index (Phi) is 3.90. The van der Waals surface area contributed by atoms with Gasteiger partial charge in [0.25, 0.3) is 5.91 Å². The monoisotopic (exact) mass is 273 g/mol. The molecule has 2 rings (SSSR count). The predicted octanol–water partition coefficient (Wildman–Crippen LogP) is 2.12. The second kappa shape index (κ2) is 5.46. The lowest BCUT2D eigenvalue weighted by Crippen LogP contribution is -2.45. The highest BCUT2D eigenvalue weighted by Gasteiger charge is 2.20. The number of aromatic nitrogens is 1. The summed E-state index contributed by atoms with van der Waals surface area (Å²) in [5, 5.41) is 2.76. The molecule has 20 heavy (non-hydrogen) atoms. The smallest absolute Gasteiger partial charge is 0.273 e. The number of carbonyl (C=O) groups excluding carboxylic acids is 1. The summed E-state index contributed by atoms with van der Waals surface area (Å²) in [6.45, 7) is 6.06. The summed E-state index contributed by atoms with van der Waals surface area (Å²) in [7, 11) is 0. The van der Waals surface area contributed by atoms with E-state index in [4.69, 9.17) is 10.2 Å². The van der Waals surface area contributed by atoms with Gasteiger partial charge in [-0.25, -0.2) is 4.98 Å². The van der Waals surface area contributed by atoms with Crippen LogP contribution in [0.15, 0.2) is 35.1 Å². The fourth-order valence-corrected chi connectivity index (χ4v) is 1.71. The van der Waals surface area contributed by atoms with Crippen LogP contribution in [-0.4, -0.2) is 23.0 Å². The fourth-order valence-electron chi connectivity index (χ4n) is 1.71. The van der Waals surface area contributed by atoms with Crippen molar-refractivity contribution in [1.29, 1.82) is 0 Å². The Labute approximate surface area is 118 Å². The molecule has 0 aliphatic heterocycles. The lowest BCUT2D eigenvalue weighted by atomic mass is 10.1. The number of hydrogen-bond acceptors (Lipinski definition) is 4. The maximum Gasteiger partial charge on any atom is 0.273 e. The zero-order chi connectivity index (χ0) is 14.8. The Bertz CT molecular complexity index is 594. The van der Waals surface area contributed by atoms with Crippen LogP contribution in [0.5, 0.6) is 0 Å². The summed E-state index contributed by atoms with van der Waals surface area (Å²) in [5.41, 5.74) is 7.62. The maximum atomic E-state index is 12.1. The molecule has 0 saturated carbocycles. The van der Waals surface area contributed by atoms with E-state index in [-0.39, 0.29) is 11.6 Å². The minimum Gasteiger partial charge on any atom is -0.443 e. The molecule has 0 atom stereocenters. The van der Waals surface area contributed by atoms with E-state index >= 15 is 0 Å². The van der Waals surface area contributed by atoms with Crippen LogP contribution in [-0.2, 0) is 0 Å². The first-order valence-corrected chi connectivity index (χ1v) is 6.44. The molecule has 0 spiro atoms. The Balaban J connectivity index is 2.20. The quantitative estimate of drug-likeness (QED) is 0.894. The molecule has 3 N–H and O–H groups in total. The second-order valence-electron chi connectivity index (χ2n) is 5.57. The summed E-state index contributed by atoms with van der Waals surface area (Å²) < 4.78 is 5.34. The molecule has 1 amide bonds. The molecule has 0 radical (unpaired) electrons. The number of rotatable bonds is 4. The summed E-state index contributed by atoms with van der Waals surface area (Å²) in [5.74, 6) is 0.185. The van der Waals surface area contributed by atoms with Crippen molar-refractivity contribution >= 4 is 5.91 Å². The molecule has 0 bridgehead atoms. The van der Waals surface area contributed by atoms with E-state index < -0.39 is 5.54 Å². The van der Waals surface area contributed by atoms with Crippen LogP contribution in [0.1, 0.15) is 29.9 Å². The maximum absolute atomic E-state index is 12.1. The Morgan fingerprint density at radius 1 is 1.35 bits per heavy atom. The van der Waals surface area contributed by atoms with Crippen LogP contribution in [0.4, 0.5) is 0 Å². The van der Waals surface area contributed by atoms with Gasteiger partial charge in [-0.15, -0.1) is 0 Å². The third-order valence-electron chi connectivity index (χ3n) is 2.80. The topological polar surface area (TPSA) is 81.2 Å². The lowest BCUT2D eigenvalue weighted by molar-refractivity contribution is 0.0942. The highest BCUT2D eigenvalue weighted by Crippen LogP contribution is 2.23. The van der Waals surface area contributed by atoms with E-state index in [1.165, 1.54) is 6.39 Å². The fraction of sp³-hybridized carbons (Fsp3) is 0.333. The molecule has 1 aromatic heterocycles. The molecule has 0 aliphatic rings. The largest absolute Gasteiger partial charge is 0.443 e. The van der Waals surface area contributed by atoms with Crippen LogP contribution < -0.4 is 11.1 Å². The zero-order valence-electron chi connectivity index (χ0n) is 11.9. The first kappa shape index (κ1) is 14.3. The summed E-state index contributed by atoms with van der Waals surface area (Å²) in [4.78, 5) is 16.1. The predicted molar refractivity (Wildman–Crippen MR) is 77.3 cm³/mol. The van der Waals surface area contributed by atoms with E-state index in [2.05, 4.69) is 10.3 Å². The number of nitrogens with zero attached hydrogens (tertiary/aromatic N) is 1. The number of aryl methyl sites for hydroxylation is 1. The van der Waals surface area contributed by atoms with Gasteiger partial charge in [-0.1, -0.05) is 29.8 Å². The third-order valence-corrected chi connectivity index (χ3v) is 2.80. The van der Waals surface area contributed by atoms with Gasteiger partial charge in [0, 0.05) is 17.6 Å². The SMILES string of the molecule is Cc1ccc(-c2ocnc2C(=O)NCC(C)(C)N)cc1. The Hall–Kier alpha value is -2.14. The van der Waals surface area contributed by atoms with Crippen LogP contribution in [0.25, 0.3) is 11.3 Å². The van der Waals surface area contributed by atoms with Crippen molar-refractivity contribution < 1.29 is 9.21 Å². The van der Waals surface area contributed by atoms with Crippen molar-refractivity contribution in [3.63, 3.8) is 0 Å². The summed E-state index contributed by atoms with van der Waals surface area (Å²) in [6, 6.07) is 7.73. The van der Waals surface area contributed by atoms with Crippen molar-refractivity contribution in [3.05, 3.63) is 41.9 Å². The molecule has 0 aliphatic carbocycles. The van der Waals surface area contributed by atoms with Crippen molar-refractivity contribution in [3.8, 4) is 11.3 Å². The van der Waals surface area contributed by atoms with Gasteiger partial charge in [-0.3, -0.25) is 4.79 Å². The first-order chi connectivity index (χ1) is 9.37. The van der Waals surface area contributed by atoms with Gasteiger partial charge in [-0.2, -0.15) is 0 Å². The van der Waals surface area contributed by atoms with Crippen LogP contribution in [0.3, 0.4) is 0 Å². The van der Waals surface area contributed by atoms with Crippen LogP contribution in [0, 0.1) is 6.92 Å². The van der Waals surface area contributed by atoms with Gasteiger partial charge in [0.2, 0.25) is 0 Å². The highest BCUT2D eigenvalue weighted by atomic mass is 16.3. The van der Waals surface area contributed by atoms with Crippen LogP contribution in [0.2, 0.25) is 0 Å². The number of nitrogens with two attached hydrogens (primary N) is 1. The molecule has 106 valence electrons. The molecule has 1 heterocycles. The average Bonchev–Trinajstić information content (AvgIpc) is 2.85. The second-order valence-corrected chi connectivity index (χ2v) is 5.57. The standard InChI is InChI=1S/C15H19N3O2/c1-10-4-6-11(7-5-10)13-12(18-9-20-13)14(19)17-8-15(2,3)16/h4-7,9H,8,16H2,1-3H3,(H,17,19). The average molecular weight is 273 g/mol. The van der Waals surface area contributed by atoms with Gasteiger partial charge in [0.05, 0.1) is 0 Å². The van der Waals surface area contributed by atoms with E-state index in [1.54, 1.807) is 0 Å². The van der Waals surface area contributed by atoms with Gasteiger partial charge < -0.3 is 15.5 Å². The van der Waals surface area contributed by atoms with Crippen molar-refractivity contribution in [2.75, 3.05) is 6.54 Å². The Morgan fingerprint density at radius 3 is 2.60 bits per heavy atom. The van der Waals surface area contributed by atoms with Gasteiger partial charge in [0.15, 0.2) is 17.8 Å². The number of oxazole rings is 1. The molecule has 5 heteroatoms. The number of hydrogen-bond donors (Lipinski definition) is 2. The first-order valence-electron chi connectivity index (χ1n) is 6.44. The molecule has 2 aromatic rings. The van der Waals surface area contributed by atoms with E-state index in [0.29, 0.717) is 12.3 Å². The van der Waals surface area contributed by atoms with Gasteiger partial charge in [-0.05, 0) is 20.8 Å². The summed E-state index contributed by atoms with van der Waals surface area (Å²) in [6.07, 6.45) is 1.28. The number of benzene rings is 1. The molecule has 1 aromatic carbocycles. The van der Waals surface area contributed by atoms with Crippen molar-refractivity contribution in [2.24, 2.45) is 5.73 Å². The minimum atomic E-state index is -0.469. The van der Waals surface area contributed by atoms with E-state index in [1.807, 2.05) is 45.0 Å². The molecular formula is C15H19N3O2. The number of carbonyl (C=O) groups is 1. The zero-order valence-corrected chi connectivity index (χ0v) is 11.9. The molecule has 5 nitrogen and oxygen atoms in total. The van der Waals surface area contributed by atoms with E-state index in [9.17, 15) is 4.79 Å². The van der Waals surface area contributed by atoms with Crippen molar-refractivity contribution in [1.82, 2.24) is 10.3 Å². The summed E-state index contributed by atoms with van der Waals surface area (Å²) >= 11 is 0. The van der Waals surface area contributed by atoms with E-state index in [0.717, 1.165) is 11.1 Å². The highest BCUT2D eigenvalue weighted by molar-refractivity contribution is 5.97. The Morgan fingerprint density at radius 2 is 2.00 bits per heavy atom. The lowest BCUT2D eigenvalue weighted by Gasteiger charge is -2.18. The number of amides is 1. The molecule has 0 saturated heterocycles. The molecule has 0 unspecified atom stereocenters.